The van der Waals surface area contributed by atoms with Crippen LogP contribution < -0.4 is 29.6 Å². The zero-order valence-electron chi connectivity index (χ0n) is 14.0. The van der Waals surface area contributed by atoms with E-state index in [1.54, 1.807) is 18.2 Å². The van der Waals surface area contributed by atoms with Crippen LogP contribution in [0.1, 0.15) is 1.43 Å². The van der Waals surface area contributed by atoms with Gasteiger partial charge in [-0.1, -0.05) is 36.4 Å². The molecule has 4 aromatic rings. The molecule has 0 fully saturated rings. The molecule has 0 aliphatic heterocycles. The third-order valence-electron chi connectivity index (χ3n) is 4.12. The Morgan fingerprint density at radius 2 is 1.24 bits per heavy atom. The largest absolute Gasteiger partial charge is 1.00 e. The molecule has 0 saturated carbocycles. The maximum absolute atomic E-state index is 11.8. The van der Waals surface area contributed by atoms with Crippen LogP contribution in [-0.2, 0) is 20.2 Å². The second-order valence-corrected chi connectivity index (χ2v) is 8.28. The van der Waals surface area contributed by atoms with Gasteiger partial charge in [-0.15, -0.1) is 0 Å². The third-order valence-corrected chi connectivity index (χ3v) is 5.93. The molecule has 0 bridgehead atoms. The van der Waals surface area contributed by atoms with Crippen LogP contribution in [0.25, 0.3) is 32.3 Å². The van der Waals surface area contributed by atoms with E-state index in [-0.39, 0.29) is 51.5 Å². The summed E-state index contributed by atoms with van der Waals surface area (Å²) in [7, 11) is -9.00. The Morgan fingerprint density at radius 3 is 1.88 bits per heavy atom. The molecular weight excluding hydrogens is 375 g/mol. The third kappa shape index (κ3) is 2.83. The first-order chi connectivity index (χ1) is 11.2. The van der Waals surface area contributed by atoms with Crippen molar-refractivity contribution in [2.75, 3.05) is 0 Å². The molecule has 25 heavy (non-hydrogen) atoms. The summed E-state index contributed by atoms with van der Waals surface area (Å²) in [6.07, 6.45) is 0. The topological polar surface area (TPSA) is 109 Å². The number of hydrogen-bond acceptors (Lipinski definition) is 4. The van der Waals surface area contributed by atoms with Gasteiger partial charge in [-0.2, -0.15) is 16.8 Å². The van der Waals surface area contributed by atoms with Crippen LogP contribution in [-0.4, -0.2) is 25.9 Å². The average Bonchev–Trinajstić information content (AvgIpc) is 2.50. The minimum Gasteiger partial charge on any atom is -1.00 e. The van der Waals surface area contributed by atoms with Gasteiger partial charge in [0.2, 0.25) is 0 Å². The summed E-state index contributed by atoms with van der Waals surface area (Å²) in [4.78, 5) is -0.616. The van der Waals surface area contributed by atoms with Crippen LogP contribution in [0.2, 0.25) is 0 Å². The standard InChI is InChI=1S/C16H10O6S2.Na.H/c17-23(18,19)13-7-6-12-14(24(20,21)22)8-10-3-1-2-9-4-5-11(13)16(12)15(9)10;;/h1-8H,(H,17,18,19)(H,20,21,22);;/q;+1;-1. The van der Waals surface area contributed by atoms with Gasteiger partial charge in [0.05, 0.1) is 0 Å². The normalized spacial score (nSPS) is 12.7. The molecule has 4 rings (SSSR count). The van der Waals surface area contributed by atoms with Crippen LogP contribution >= 0.6 is 0 Å². The van der Waals surface area contributed by atoms with E-state index in [1.165, 1.54) is 18.2 Å². The Balaban J connectivity index is 0.00000121. The number of rotatable bonds is 2. The molecular formula is C16H11NaO6S2. The monoisotopic (exact) mass is 386 g/mol. The van der Waals surface area contributed by atoms with Gasteiger partial charge >= 0.3 is 29.6 Å². The predicted octanol–water partition coefficient (Wildman–Crippen LogP) is 0.194. The zero-order valence-corrected chi connectivity index (χ0v) is 16.6. The maximum Gasteiger partial charge on any atom is 1.00 e. The molecule has 0 unspecified atom stereocenters. The fraction of sp³-hybridized carbons (Fsp3) is 0. The van der Waals surface area contributed by atoms with Gasteiger partial charge < -0.3 is 1.43 Å². The molecule has 6 nitrogen and oxygen atoms in total. The average molecular weight is 386 g/mol. The van der Waals surface area contributed by atoms with Gasteiger partial charge in [0.1, 0.15) is 9.79 Å². The Kier molecular flexibility index (Phi) is 4.36. The Morgan fingerprint density at radius 1 is 0.680 bits per heavy atom. The molecule has 0 aliphatic carbocycles. The molecule has 0 saturated heterocycles. The molecule has 0 aliphatic rings. The molecule has 0 spiro atoms. The van der Waals surface area contributed by atoms with Crippen LogP contribution in [0.3, 0.4) is 0 Å². The van der Waals surface area contributed by atoms with Crippen LogP contribution in [0, 0.1) is 0 Å². The molecule has 124 valence electrons. The predicted molar refractivity (Wildman–Crippen MR) is 90.9 cm³/mol. The first-order valence-electron chi connectivity index (χ1n) is 6.83. The van der Waals surface area contributed by atoms with E-state index in [0.717, 1.165) is 11.5 Å². The summed E-state index contributed by atoms with van der Waals surface area (Å²) in [5.74, 6) is 0. The fourth-order valence-electron chi connectivity index (χ4n) is 3.21. The van der Waals surface area contributed by atoms with Crippen molar-refractivity contribution in [3.05, 3.63) is 48.5 Å². The summed E-state index contributed by atoms with van der Waals surface area (Å²) >= 11 is 0. The van der Waals surface area contributed by atoms with E-state index in [9.17, 15) is 25.9 Å². The van der Waals surface area contributed by atoms with Crippen molar-refractivity contribution in [1.29, 1.82) is 0 Å². The minimum atomic E-state index is -4.51. The van der Waals surface area contributed by atoms with E-state index < -0.39 is 20.2 Å². The molecule has 9 heteroatoms. The molecule has 0 aromatic heterocycles. The van der Waals surface area contributed by atoms with E-state index in [0.29, 0.717) is 16.2 Å². The molecule has 0 atom stereocenters. The van der Waals surface area contributed by atoms with Crippen molar-refractivity contribution in [2.24, 2.45) is 0 Å². The molecule has 4 aromatic carbocycles. The van der Waals surface area contributed by atoms with Gasteiger partial charge in [0, 0.05) is 16.2 Å². The van der Waals surface area contributed by atoms with E-state index in [1.807, 2.05) is 6.07 Å². The summed E-state index contributed by atoms with van der Waals surface area (Å²) in [6, 6.07) is 12.2. The number of hydrogen-bond donors (Lipinski definition) is 2. The van der Waals surface area contributed by atoms with E-state index >= 15 is 0 Å². The molecule has 0 heterocycles. The summed E-state index contributed by atoms with van der Waals surface area (Å²) in [6.45, 7) is 0. The van der Waals surface area contributed by atoms with Gasteiger partial charge in [0.25, 0.3) is 20.2 Å². The summed E-state index contributed by atoms with van der Waals surface area (Å²) < 4.78 is 65.8. The first kappa shape index (κ1) is 18.5. The molecule has 0 radical (unpaired) electrons. The van der Waals surface area contributed by atoms with Crippen LogP contribution in [0.15, 0.2) is 58.3 Å². The quantitative estimate of drug-likeness (QED) is 0.289. The zero-order chi connectivity index (χ0) is 17.3. The minimum absolute atomic E-state index is 0. The second kappa shape index (κ2) is 5.88. The van der Waals surface area contributed by atoms with Gasteiger partial charge in [-0.05, 0) is 28.3 Å². The van der Waals surface area contributed by atoms with Crippen molar-refractivity contribution >= 4 is 52.6 Å². The summed E-state index contributed by atoms with van der Waals surface area (Å²) in [5.41, 5.74) is 0. The maximum atomic E-state index is 11.8. The smallest absolute Gasteiger partial charge is 1.00 e. The van der Waals surface area contributed by atoms with E-state index in [2.05, 4.69) is 0 Å². The van der Waals surface area contributed by atoms with E-state index in [4.69, 9.17) is 0 Å². The van der Waals surface area contributed by atoms with Crippen molar-refractivity contribution < 1.29 is 56.9 Å². The Bertz CT molecular complexity index is 1340. The van der Waals surface area contributed by atoms with Gasteiger partial charge in [0.15, 0.2) is 0 Å². The fourth-order valence-corrected chi connectivity index (χ4v) is 4.62. The van der Waals surface area contributed by atoms with Crippen molar-refractivity contribution in [3.63, 3.8) is 0 Å². The SMILES string of the molecule is O=S(=O)(O)c1ccc2c(S(=O)(=O)O)cc3cccc4ccc1c2c43.[H-].[Na+]. The van der Waals surface area contributed by atoms with Crippen molar-refractivity contribution in [3.8, 4) is 0 Å². The Hall–Kier alpha value is -1.26. The number of benzene rings is 4. The van der Waals surface area contributed by atoms with Crippen molar-refractivity contribution in [2.45, 2.75) is 9.79 Å². The van der Waals surface area contributed by atoms with Gasteiger partial charge in [-0.25, -0.2) is 0 Å². The van der Waals surface area contributed by atoms with Crippen LogP contribution in [0.4, 0.5) is 0 Å². The molecule has 0 amide bonds. The van der Waals surface area contributed by atoms with Crippen LogP contribution in [0.5, 0.6) is 0 Å². The first-order valence-corrected chi connectivity index (χ1v) is 9.71. The summed E-state index contributed by atoms with van der Waals surface area (Å²) in [5, 5.41) is 2.77. The molecule has 2 N–H and O–H groups in total. The second-order valence-electron chi connectivity index (χ2n) is 5.50. The Labute approximate surface area is 167 Å². The van der Waals surface area contributed by atoms with Gasteiger partial charge in [-0.3, -0.25) is 9.11 Å². The van der Waals surface area contributed by atoms with Crippen molar-refractivity contribution in [1.82, 2.24) is 0 Å².